The number of aliphatic carboxylic acids is 1. The molecule has 0 aliphatic rings. The summed E-state index contributed by atoms with van der Waals surface area (Å²) in [6.45, 7) is 12.1. The number of likely N-dealkylation sites (N-methyl/N-ethyl adjacent to an activating group) is 1. The van der Waals surface area contributed by atoms with Crippen molar-refractivity contribution in [2.75, 3.05) is 40.9 Å². The molecule has 0 amide bonds. The van der Waals surface area contributed by atoms with E-state index in [4.69, 9.17) is 18.9 Å². The summed E-state index contributed by atoms with van der Waals surface area (Å²) in [5, 5.41) is 7.89. The van der Waals surface area contributed by atoms with Gasteiger partial charge in [-0.15, -0.1) is 0 Å². The molecular weight excluding hydrogens is 389 g/mol. The number of carboxylic acid groups (broad SMARTS) is 1. The van der Waals surface area contributed by atoms with Crippen LogP contribution in [0.15, 0.2) is 24.3 Å². The standard InChI is InChI=1S/C14H28NO6P.C4H6O2/c1-7-20-22(17,18)21-13(11-15(4,5)6)9-8-10-19-14(16)12(2)3;1-3(2)4(5)6/h13H,2,7-11H2,1,3-6H3;1H2,2H3,(H,5,6)/p+1. The Hall–Kier alpha value is -1.51. The highest BCUT2D eigenvalue weighted by atomic mass is 31.2. The first-order valence-corrected chi connectivity index (χ1v) is 10.3. The van der Waals surface area contributed by atoms with Crippen LogP contribution in [0.2, 0.25) is 0 Å². The van der Waals surface area contributed by atoms with Gasteiger partial charge in [-0.3, -0.25) is 9.05 Å². The topological polar surface area (TPSA) is 119 Å². The Bertz CT molecular complexity index is 571. The molecule has 2 N–H and O–H groups in total. The number of nitrogens with zero attached hydrogens (tertiary/aromatic N) is 1. The number of esters is 1. The number of hydrogen-bond acceptors (Lipinski definition) is 6. The Labute approximate surface area is 167 Å². The second-order valence-electron chi connectivity index (χ2n) is 7.23. The maximum Gasteiger partial charge on any atom is 0.472 e. The zero-order valence-electron chi connectivity index (χ0n) is 17.8. The van der Waals surface area contributed by atoms with Crippen LogP contribution in [0, 0.1) is 0 Å². The second-order valence-corrected chi connectivity index (χ2v) is 8.64. The highest BCUT2D eigenvalue weighted by Gasteiger charge is 2.29. The molecule has 0 aromatic heterocycles. The minimum Gasteiger partial charge on any atom is -0.478 e. The van der Waals surface area contributed by atoms with Crippen molar-refractivity contribution < 1.29 is 42.4 Å². The van der Waals surface area contributed by atoms with Crippen LogP contribution in [0.5, 0.6) is 0 Å². The molecule has 0 radical (unpaired) electrons. The van der Waals surface area contributed by atoms with E-state index < -0.39 is 25.9 Å². The first-order chi connectivity index (χ1) is 12.6. The molecular formula is C18H35NO8P+. The number of hydrogen-bond donors (Lipinski definition) is 2. The molecule has 0 heterocycles. The van der Waals surface area contributed by atoms with Crippen LogP contribution >= 0.6 is 7.82 Å². The Kier molecular flexibility index (Phi) is 14.0. The number of rotatable bonds is 12. The van der Waals surface area contributed by atoms with E-state index in [1.54, 1.807) is 13.8 Å². The fourth-order valence-electron chi connectivity index (χ4n) is 1.77. The van der Waals surface area contributed by atoms with Crippen LogP contribution in [0.3, 0.4) is 0 Å². The van der Waals surface area contributed by atoms with Crippen molar-refractivity contribution in [1.82, 2.24) is 0 Å². The van der Waals surface area contributed by atoms with E-state index in [-0.39, 0.29) is 18.8 Å². The molecule has 164 valence electrons. The largest absolute Gasteiger partial charge is 0.478 e. The van der Waals surface area contributed by atoms with Gasteiger partial charge in [-0.1, -0.05) is 13.2 Å². The second kappa shape index (κ2) is 13.6. The van der Waals surface area contributed by atoms with Crippen molar-refractivity contribution in [3.8, 4) is 0 Å². The monoisotopic (exact) mass is 424 g/mol. The highest BCUT2D eigenvalue weighted by molar-refractivity contribution is 7.47. The third kappa shape index (κ3) is 17.9. The fraction of sp³-hybridized carbons (Fsp3) is 0.667. The number of phosphoric acid groups is 1. The minimum atomic E-state index is -4.05. The zero-order chi connectivity index (χ0) is 22.5. The van der Waals surface area contributed by atoms with Crippen molar-refractivity contribution in [1.29, 1.82) is 0 Å². The van der Waals surface area contributed by atoms with Gasteiger partial charge in [0.25, 0.3) is 0 Å². The summed E-state index contributed by atoms with van der Waals surface area (Å²) in [5.41, 5.74) is 0.519. The lowest BCUT2D eigenvalue weighted by Gasteiger charge is -2.29. The molecule has 0 aliphatic carbocycles. The first kappa shape index (κ1) is 28.7. The average Bonchev–Trinajstić information content (AvgIpc) is 2.49. The van der Waals surface area contributed by atoms with Gasteiger partial charge < -0.3 is 19.2 Å². The van der Waals surface area contributed by atoms with Gasteiger partial charge >= 0.3 is 19.8 Å². The number of carboxylic acids is 1. The number of phosphoric ester groups is 1. The number of carbonyl (C=O) groups excluding carboxylic acids is 1. The minimum absolute atomic E-state index is 0.0983. The van der Waals surface area contributed by atoms with Crippen LogP contribution < -0.4 is 0 Å². The Morgan fingerprint density at radius 1 is 1.14 bits per heavy atom. The van der Waals surface area contributed by atoms with Gasteiger partial charge in [0.05, 0.1) is 34.4 Å². The molecule has 0 aliphatic heterocycles. The Morgan fingerprint density at radius 3 is 2.00 bits per heavy atom. The smallest absolute Gasteiger partial charge is 0.472 e. The summed E-state index contributed by atoms with van der Waals surface area (Å²) < 4.78 is 27.3. The lowest BCUT2D eigenvalue weighted by molar-refractivity contribution is -0.873. The van der Waals surface area contributed by atoms with Crippen LogP contribution in [-0.4, -0.2) is 73.4 Å². The van der Waals surface area contributed by atoms with E-state index in [9.17, 15) is 19.0 Å². The summed E-state index contributed by atoms with van der Waals surface area (Å²) in [6, 6.07) is 0. The molecule has 10 heteroatoms. The van der Waals surface area contributed by atoms with Crippen molar-refractivity contribution >= 4 is 19.8 Å². The lowest BCUT2D eigenvalue weighted by atomic mass is 10.2. The third-order valence-electron chi connectivity index (χ3n) is 2.94. The number of ether oxygens (including phenoxy) is 1. The summed E-state index contributed by atoms with van der Waals surface area (Å²) in [4.78, 5) is 30.5. The third-order valence-corrected chi connectivity index (χ3v) is 4.09. The highest BCUT2D eigenvalue weighted by Crippen LogP contribution is 2.45. The summed E-state index contributed by atoms with van der Waals surface area (Å²) in [6.07, 6.45) is 0.540. The summed E-state index contributed by atoms with van der Waals surface area (Å²) in [5.74, 6) is -1.37. The molecule has 0 aromatic rings. The number of carbonyl (C=O) groups is 2. The molecule has 0 aromatic carbocycles. The van der Waals surface area contributed by atoms with Crippen LogP contribution in [0.4, 0.5) is 0 Å². The van der Waals surface area contributed by atoms with E-state index in [1.807, 2.05) is 21.1 Å². The molecule has 2 atom stereocenters. The molecule has 0 rings (SSSR count). The molecule has 9 nitrogen and oxygen atoms in total. The SMILES string of the molecule is C=C(C)C(=O)O.C=C(C)C(=O)OCCCC(C[N+](C)(C)C)OP(=O)(O)OCC. The summed E-state index contributed by atoms with van der Waals surface area (Å²) in [7, 11) is 1.83. The van der Waals surface area contributed by atoms with E-state index in [0.717, 1.165) is 0 Å². The maximum absolute atomic E-state index is 11.7. The van der Waals surface area contributed by atoms with Crippen LogP contribution in [-0.2, 0) is 27.9 Å². The molecule has 0 fully saturated rings. The molecule has 28 heavy (non-hydrogen) atoms. The van der Waals surface area contributed by atoms with Crippen molar-refractivity contribution in [3.05, 3.63) is 24.3 Å². The quantitative estimate of drug-likeness (QED) is 0.161. The molecule has 0 saturated carbocycles. The molecule has 0 spiro atoms. The fourth-order valence-corrected chi connectivity index (χ4v) is 2.71. The van der Waals surface area contributed by atoms with E-state index in [1.165, 1.54) is 6.92 Å². The van der Waals surface area contributed by atoms with Gasteiger partial charge in [0.1, 0.15) is 12.6 Å². The van der Waals surface area contributed by atoms with Crippen molar-refractivity contribution in [3.63, 3.8) is 0 Å². The van der Waals surface area contributed by atoms with Crippen molar-refractivity contribution in [2.45, 2.75) is 39.7 Å². The maximum atomic E-state index is 11.7. The Balaban J connectivity index is 0. The Morgan fingerprint density at radius 2 is 1.64 bits per heavy atom. The summed E-state index contributed by atoms with van der Waals surface area (Å²) >= 11 is 0. The normalized spacial score (nSPS) is 14.1. The molecule has 2 unspecified atom stereocenters. The van der Waals surface area contributed by atoms with Crippen LogP contribution in [0.25, 0.3) is 0 Å². The van der Waals surface area contributed by atoms with E-state index >= 15 is 0 Å². The van der Waals surface area contributed by atoms with Gasteiger partial charge in [0, 0.05) is 11.1 Å². The predicted octanol–water partition coefficient (Wildman–Crippen LogP) is 2.76. The van der Waals surface area contributed by atoms with Gasteiger partial charge in [-0.05, 0) is 33.6 Å². The molecule has 0 bridgehead atoms. The number of quaternary nitrogens is 1. The van der Waals surface area contributed by atoms with Crippen LogP contribution in [0.1, 0.15) is 33.6 Å². The van der Waals surface area contributed by atoms with Gasteiger partial charge in [-0.2, -0.15) is 0 Å². The predicted molar refractivity (Wildman–Crippen MR) is 107 cm³/mol. The first-order valence-electron chi connectivity index (χ1n) is 8.79. The van der Waals surface area contributed by atoms with Gasteiger partial charge in [0.2, 0.25) is 0 Å². The van der Waals surface area contributed by atoms with Gasteiger partial charge in [-0.25, -0.2) is 14.2 Å². The lowest BCUT2D eigenvalue weighted by Crippen LogP contribution is -2.42. The average molecular weight is 424 g/mol. The van der Waals surface area contributed by atoms with E-state index in [0.29, 0.717) is 29.4 Å². The van der Waals surface area contributed by atoms with Crippen molar-refractivity contribution in [2.24, 2.45) is 0 Å². The van der Waals surface area contributed by atoms with Gasteiger partial charge in [0.15, 0.2) is 0 Å². The van der Waals surface area contributed by atoms with E-state index in [2.05, 4.69) is 13.2 Å². The zero-order valence-corrected chi connectivity index (χ0v) is 18.7. The molecule has 0 saturated heterocycles.